The van der Waals surface area contributed by atoms with Gasteiger partial charge in [0.05, 0.1) is 25.7 Å². The standard InChI is InChI=1S/C24H28N2O6/c1-5-32-21(27)19-14-24(3,22(28)29)26(20(19)16-8-12-18(31-4)13-9-16)23(30)25-17-10-6-15(2)7-11-17/h6-13,19-20H,5,14H2,1-4H3,(H,25,30)(H,28,29). The highest BCUT2D eigenvalue weighted by atomic mass is 16.5. The second-order valence-corrected chi connectivity index (χ2v) is 8.03. The summed E-state index contributed by atoms with van der Waals surface area (Å²) in [6.07, 6.45) is -0.0703. The van der Waals surface area contributed by atoms with E-state index < -0.39 is 35.5 Å². The quantitative estimate of drug-likeness (QED) is 0.658. The smallest absolute Gasteiger partial charge is 0.329 e. The van der Waals surface area contributed by atoms with Crippen LogP contribution in [0.1, 0.15) is 37.4 Å². The van der Waals surface area contributed by atoms with E-state index >= 15 is 0 Å². The average molecular weight is 440 g/mol. The molecule has 1 heterocycles. The number of likely N-dealkylation sites (tertiary alicyclic amines) is 1. The second kappa shape index (κ2) is 9.30. The van der Waals surface area contributed by atoms with Crippen LogP contribution in [-0.4, -0.2) is 47.2 Å². The summed E-state index contributed by atoms with van der Waals surface area (Å²) in [5.74, 6) is -1.96. The first-order valence-corrected chi connectivity index (χ1v) is 10.4. The van der Waals surface area contributed by atoms with E-state index in [9.17, 15) is 19.5 Å². The van der Waals surface area contributed by atoms with Gasteiger partial charge in [0, 0.05) is 5.69 Å². The minimum Gasteiger partial charge on any atom is -0.497 e. The lowest BCUT2D eigenvalue weighted by Crippen LogP contribution is -2.53. The van der Waals surface area contributed by atoms with Crippen molar-refractivity contribution in [2.75, 3.05) is 19.0 Å². The number of esters is 1. The summed E-state index contributed by atoms with van der Waals surface area (Å²) in [5, 5.41) is 12.9. The van der Waals surface area contributed by atoms with Crippen molar-refractivity contribution in [3.63, 3.8) is 0 Å². The Morgan fingerprint density at radius 2 is 1.75 bits per heavy atom. The van der Waals surface area contributed by atoms with Crippen molar-refractivity contribution in [2.24, 2.45) is 5.92 Å². The number of nitrogens with one attached hydrogen (secondary N) is 1. The first-order valence-electron chi connectivity index (χ1n) is 10.4. The Morgan fingerprint density at radius 1 is 1.12 bits per heavy atom. The van der Waals surface area contributed by atoms with Crippen LogP contribution in [0.4, 0.5) is 10.5 Å². The highest BCUT2D eigenvalue weighted by molar-refractivity contribution is 5.96. The molecule has 8 heteroatoms. The van der Waals surface area contributed by atoms with Gasteiger partial charge in [-0.2, -0.15) is 0 Å². The number of nitrogens with zero attached hydrogens (tertiary/aromatic N) is 1. The van der Waals surface area contributed by atoms with Crippen molar-refractivity contribution in [2.45, 2.75) is 38.8 Å². The first-order chi connectivity index (χ1) is 15.2. The van der Waals surface area contributed by atoms with Crippen molar-refractivity contribution in [3.8, 4) is 5.75 Å². The van der Waals surface area contributed by atoms with Crippen molar-refractivity contribution >= 4 is 23.7 Å². The van der Waals surface area contributed by atoms with E-state index in [0.717, 1.165) is 5.56 Å². The highest BCUT2D eigenvalue weighted by Crippen LogP contribution is 2.48. The van der Waals surface area contributed by atoms with Gasteiger partial charge in [0.15, 0.2) is 0 Å². The molecule has 0 aliphatic carbocycles. The zero-order chi connectivity index (χ0) is 23.5. The van der Waals surface area contributed by atoms with E-state index in [-0.39, 0.29) is 13.0 Å². The number of ether oxygens (including phenoxy) is 2. The molecular weight excluding hydrogens is 412 g/mol. The predicted octanol–water partition coefficient (Wildman–Crippen LogP) is 4.01. The molecule has 170 valence electrons. The summed E-state index contributed by atoms with van der Waals surface area (Å²) < 4.78 is 10.4. The minimum atomic E-state index is -1.61. The third-order valence-electron chi connectivity index (χ3n) is 5.84. The molecule has 1 saturated heterocycles. The number of carbonyl (C=O) groups is 3. The Balaban J connectivity index is 2.07. The average Bonchev–Trinajstić information content (AvgIpc) is 3.10. The molecule has 32 heavy (non-hydrogen) atoms. The Bertz CT molecular complexity index is 989. The molecule has 2 aromatic carbocycles. The van der Waals surface area contributed by atoms with Crippen LogP contribution in [0.25, 0.3) is 0 Å². The number of hydrogen-bond acceptors (Lipinski definition) is 5. The fraction of sp³-hybridized carbons (Fsp3) is 0.375. The van der Waals surface area contributed by atoms with Crippen molar-refractivity contribution in [1.29, 1.82) is 0 Å². The van der Waals surface area contributed by atoms with E-state index in [1.54, 1.807) is 43.3 Å². The molecule has 0 spiro atoms. The first kappa shape index (κ1) is 23.1. The van der Waals surface area contributed by atoms with Crippen molar-refractivity contribution in [1.82, 2.24) is 4.90 Å². The number of methoxy groups -OCH3 is 1. The Kier molecular flexibility index (Phi) is 6.72. The van der Waals surface area contributed by atoms with Gasteiger partial charge in [-0.05, 0) is 57.0 Å². The summed E-state index contributed by atoms with van der Waals surface area (Å²) >= 11 is 0. The van der Waals surface area contributed by atoms with Crippen LogP contribution < -0.4 is 10.1 Å². The number of hydrogen-bond donors (Lipinski definition) is 2. The van der Waals surface area contributed by atoms with E-state index in [1.165, 1.54) is 18.9 Å². The number of anilines is 1. The number of carbonyl (C=O) groups excluding carboxylic acids is 2. The van der Waals surface area contributed by atoms with Crippen LogP contribution in [0.5, 0.6) is 5.75 Å². The summed E-state index contributed by atoms with van der Waals surface area (Å²) in [6.45, 7) is 5.23. The van der Waals surface area contributed by atoms with Crippen LogP contribution in [0, 0.1) is 12.8 Å². The second-order valence-electron chi connectivity index (χ2n) is 8.03. The SMILES string of the molecule is CCOC(=O)C1CC(C)(C(=O)O)N(C(=O)Nc2ccc(C)cc2)C1c1ccc(OC)cc1. The lowest BCUT2D eigenvalue weighted by Gasteiger charge is -2.35. The molecule has 3 rings (SSSR count). The number of urea groups is 1. The summed E-state index contributed by atoms with van der Waals surface area (Å²) in [5.41, 5.74) is 0.559. The van der Waals surface area contributed by atoms with E-state index in [2.05, 4.69) is 5.32 Å². The zero-order valence-corrected chi connectivity index (χ0v) is 18.6. The van der Waals surface area contributed by atoms with Gasteiger partial charge in [-0.1, -0.05) is 29.8 Å². The molecular formula is C24H28N2O6. The Labute approximate surface area is 187 Å². The number of aryl methyl sites for hydroxylation is 1. The van der Waals surface area contributed by atoms with Gasteiger partial charge >= 0.3 is 18.0 Å². The molecule has 1 aliphatic heterocycles. The van der Waals surface area contributed by atoms with Gasteiger partial charge in [-0.25, -0.2) is 9.59 Å². The number of carboxylic acids is 1. The molecule has 1 aliphatic rings. The maximum Gasteiger partial charge on any atom is 0.329 e. The molecule has 8 nitrogen and oxygen atoms in total. The number of benzene rings is 2. The zero-order valence-electron chi connectivity index (χ0n) is 18.6. The largest absolute Gasteiger partial charge is 0.497 e. The molecule has 2 N–H and O–H groups in total. The van der Waals surface area contributed by atoms with Gasteiger partial charge in [-0.3, -0.25) is 4.79 Å². The fourth-order valence-corrected chi connectivity index (χ4v) is 4.13. The third-order valence-corrected chi connectivity index (χ3v) is 5.84. The normalized spacial score (nSPS) is 22.3. The van der Waals surface area contributed by atoms with E-state index in [1.807, 2.05) is 19.1 Å². The molecule has 0 radical (unpaired) electrons. The van der Waals surface area contributed by atoms with Crippen LogP contribution in [0.15, 0.2) is 48.5 Å². The number of amides is 2. The Morgan fingerprint density at radius 3 is 2.28 bits per heavy atom. The van der Waals surface area contributed by atoms with Gasteiger partial charge in [0.25, 0.3) is 0 Å². The van der Waals surface area contributed by atoms with Crippen LogP contribution in [-0.2, 0) is 14.3 Å². The van der Waals surface area contributed by atoms with E-state index in [4.69, 9.17) is 9.47 Å². The molecule has 3 unspecified atom stereocenters. The molecule has 3 atom stereocenters. The van der Waals surface area contributed by atoms with Crippen molar-refractivity contribution < 1.29 is 29.0 Å². The minimum absolute atomic E-state index is 0.0703. The topological polar surface area (TPSA) is 105 Å². The summed E-state index contributed by atoms with van der Waals surface area (Å²) in [6, 6.07) is 12.6. The van der Waals surface area contributed by atoms with Gasteiger partial charge in [-0.15, -0.1) is 0 Å². The monoisotopic (exact) mass is 440 g/mol. The van der Waals surface area contributed by atoms with Crippen LogP contribution in [0.2, 0.25) is 0 Å². The molecule has 0 saturated carbocycles. The molecule has 2 amide bonds. The van der Waals surface area contributed by atoms with Gasteiger partial charge in [0.1, 0.15) is 11.3 Å². The van der Waals surface area contributed by atoms with Gasteiger partial charge in [0.2, 0.25) is 0 Å². The molecule has 1 fully saturated rings. The lowest BCUT2D eigenvalue weighted by atomic mass is 9.90. The maximum atomic E-state index is 13.4. The van der Waals surface area contributed by atoms with Crippen LogP contribution in [0.3, 0.4) is 0 Å². The van der Waals surface area contributed by atoms with Crippen molar-refractivity contribution in [3.05, 3.63) is 59.7 Å². The van der Waals surface area contributed by atoms with Crippen LogP contribution >= 0.6 is 0 Å². The highest BCUT2D eigenvalue weighted by Gasteiger charge is 2.58. The number of rotatable bonds is 6. The third kappa shape index (κ3) is 4.39. The summed E-state index contributed by atoms with van der Waals surface area (Å²) in [7, 11) is 1.54. The molecule has 0 bridgehead atoms. The van der Waals surface area contributed by atoms with Gasteiger partial charge < -0.3 is 24.8 Å². The van der Waals surface area contributed by atoms with E-state index in [0.29, 0.717) is 17.0 Å². The molecule has 0 aromatic heterocycles. The summed E-state index contributed by atoms with van der Waals surface area (Å²) in [4.78, 5) is 39.8. The predicted molar refractivity (Wildman–Crippen MR) is 119 cm³/mol. The lowest BCUT2D eigenvalue weighted by molar-refractivity contribution is -0.148. The molecule has 2 aromatic rings. The maximum absolute atomic E-state index is 13.4. The number of carboxylic acid groups (broad SMARTS) is 1. The fourth-order valence-electron chi connectivity index (χ4n) is 4.13. The Hall–Kier alpha value is -3.55. The number of aliphatic carboxylic acids is 1.